The van der Waals surface area contributed by atoms with E-state index in [0.717, 1.165) is 55.6 Å². The highest BCUT2D eigenvalue weighted by atomic mass is 16.5. The fourth-order valence-corrected chi connectivity index (χ4v) is 4.61. The Morgan fingerprint density at radius 1 is 0.971 bits per heavy atom. The van der Waals surface area contributed by atoms with Crippen LogP contribution in [-0.2, 0) is 14.3 Å². The molecule has 0 heterocycles. The Balaban J connectivity index is 1.57. The minimum Gasteiger partial charge on any atom is -0.494 e. The summed E-state index contributed by atoms with van der Waals surface area (Å²) in [7, 11) is 0. The van der Waals surface area contributed by atoms with Crippen molar-refractivity contribution in [3.05, 3.63) is 47.6 Å². The molecule has 4 nitrogen and oxygen atoms in total. The number of allylic oxidation sites excluding steroid dienone is 1. The first-order valence-electron chi connectivity index (χ1n) is 13.6. The van der Waals surface area contributed by atoms with Crippen LogP contribution in [0.2, 0.25) is 0 Å². The second kappa shape index (κ2) is 15.6. The van der Waals surface area contributed by atoms with Gasteiger partial charge >= 0.3 is 5.97 Å². The molecular weight excluding hydrogens is 436 g/mol. The van der Waals surface area contributed by atoms with Crippen LogP contribution in [0, 0.1) is 17.8 Å². The molecule has 4 heteroatoms. The molecule has 0 aromatic heterocycles. The topological polar surface area (TPSA) is 52.6 Å². The predicted octanol–water partition coefficient (Wildman–Crippen LogP) is 7.96. The molecule has 1 saturated carbocycles. The molecule has 0 radical (unpaired) electrons. The maximum absolute atomic E-state index is 12.9. The first-order chi connectivity index (χ1) is 16.8. The molecule has 0 saturated heterocycles. The van der Waals surface area contributed by atoms with Crippen molar-refractivity contribution in [2.75, 3.05) is 13.2 Å². The van der Waals surface area contributed by atoms with Crippen LogP contribution >= 0.6 is 0 Å². The molecule has 0 spiro atoms. The van der Waals surface area contributed by atoms with Gasteiger partial charge in [0.15, 0.2) is 5.78 Å². The lowest BCUT2D eigenvalue weighted by Crippen LogP contribution is -2.30. The van der Waals surface area contributed by atoms with Gasteiger partial charge in [0.05, 0.1) is 13.2 Å². The fourth-order valence-electron chi connectivity index (χ4n) is 4.61. The number of Topliss-reactive ketones (excluding diaryl/α,β-unsaturated/α-hetero) is 1. The third kappa shape index (κ3) is 10.4. The summed E-state index contributed by atoms with van der Waals surface area (Å²) in [5, 5.41) is 0. The number of carbonyl (C=O) groups excluding carboxylic acids is 2. The Morgan fingerprint density at radius 3 is 2.11 bits per heavy atom. The number of esters is 1. The third-order valence-corrected chi connectivity index (χ3v) is 6.96. The minimum absolute atomic E-state index is 0.165. The molecule has 1 aliphatic rings. The summed E-state index contributed by atoms with van der Waals surface area (Å²) in [5.41, 5.74) is 2.52. The highest BCUT2D eigenvalue weighted by Crippen LogP contribution is 2.35. The van der Waals surface area contributed by atoms with Gasteiger partial charge in [-0.05, 0) is 73.8 Å². The van der Waals surface area contributed by atoms with Crippen LogP contribution in [0.5, 0.6) is 5.75 Å². The Labute approximate surface area is 213 Å². The van der Waals surface area contributed by atoms with Gasteiger partial charge in [-0.2, -0.15) is 0 Å². The summed E-state index contributed by atoms with van der Waals surface area (Å²) in [6.45, 7) is 13.0. The lowest BCUT2D eigenvalue weighted by atomic mass is 9.73. The van der Waals surface area contributed by atoms with E-state index >= 15 is 0 Å². The van der Waals surface area contributed by atoms with Gasteiger partial charge in [-0.1, -0.05) is 78.0 Å². The van der Waals surface area contributed by atoms with E-state index < -0.39 is 0 Å². The van der Waals surface area contributed by atoms with Crippen LogP contribution in [-0.4, -0.2) is 25.0 Å². The largest absolute Gasteiger partial charge is 0.494 e. The van der Waals surface area contributed by atoms with Gasteiger partial charge in [0.2, 0.25) is 0 Å². The lowest BCUT2D eigenvalue weighted by Gasteiger charge is -2.30. The molecule has 2 rings (SSSR count). The average molecular weight is 483 g/mol. The van der Waals surface area contributed by atoms with Crippen molar-refractivity contribution in [1.82, 2.24) is 0 Å². The molecule has 0 aliphatic heterocycles. The molecule has 1 aromatic carbocycles. The maximum Gasteiger partial charge on any atom is 0.333 e. The van der Waals surface area contributed by atoms with E-state index in [1.54, 1.807) is 6.92 Å². The number of ether oxygens (including phenoxy) is 2. The van der Waals surface area contributed by atoms with Crippen molar-refractivity contribution in [3.63, 3.8) is 0 Å². The quantitative estimate of drug-likeness (QED) is 0.144. The van der Waals surface area contributed by atoms with Crippen molar-refractivity contribution in [2.45, 2.75) is 91.9 Å². The molecule has 0 amide bonds. The molecule has 0 bridgehead atoms. The first-order valence-corrected chi connectivity index (χ1v) is 13.6. The van der Waals surface area contributed by atoms with Gasteiger partial charge in [-0.3, -0.25) is 4.79 Å². The molecule has 194 valence electrons. The first kappa shape index (κ1) is 28.9. The van der Waals surface area contributed by atoms with Crippen LogP contribution in [0.4, 0.5) is 0 Å². The van der Waals surface area contributed by atoms with Crippen LogP contribution in [0.25, 0.3) is 6.08 Å². The van der Waals surface area contributed by atoms with Gasteiger partial charge in [0.25, 0.3) is 0 Å². The number of benzene rings is 1. The summed E-state index contributed by atoms with van der Waals surface area (Å²) >= 11 is 0. The van der Waals surface area contributed by atoms with E-state index in [0.29, 0.717) is 29.8 Å². The highest BCUT2D eigenvalue weighted by Gasteiger charge is 2.32. The summed E-state index contributed by atoms with van der Waals surface area (Å²) in [4.78, 5) is 24.2. The SMILES string of the molecule is C=C(C)C(=O)OCCCCCCCCCCOc1ccc(/C=C2\C(=O)C(C(C)C)CCC2C)cc1. The lowest BCUT2D eigenvalue weighted by molar-refractivity contribution is -0.139. The van der Waals surface area contributed by atoms with E-state index in [2.05, 4.69) is 45.6 Å². The van der Waals surface area contributed by atoms with Crippen molar-refractivity contribution < 1.29 is 19.1 Å². The summed E-state index contributed by atoms with van der Waals surface area (Å²) in [6.07, 6.45) is 13.3. The number of unbranched alkanes of at least 4 members (excludes halogenated alkanes) is 7. The summed E-state index contributed by atoms with van der Waals surface area (Å²) in [6, 6.07) is 8.14. The van der Waals surface area contributed by atoms with Gasteiger partial charge in [-0.25, -0.2) is 4.79 Å². The number of rotatable bonds is 15. The Morgan fingerprint density at radius 2 is 1.54 bits per heavy atom. The van der Waals surface area contributed by atoms with Crippen molar-refractivity contribution in [1.29, 1.82) is 0 Å². The highest BCUT2D eigenvalue weighted by molar-refractivity contribution is 6.02. The van der Waals surface area contributed by atoms with Crippen LogP contribution in [0.1, 0.15) is 97.5 Å². The molecule has 1 aromatic rings. The Kier molecular flexibility index (Phi) is 12.9. The number of ketones is 1. The second-order valence-electron chi connectivity index (χ2n) is 10.5. The number of carbonyl (C=O) groups is 2. The van der Waals surface area contributed by atoms with Gasteiger partial charge in [-0.15, -0.1) is 0 Å². The zero-order chi connectivity index (χ0) is 25.6. The molecular formula is C31H46O4. The molecule has 2 atom stereocenters. The van der Waals surface area contributed by atoms with E-state index in [-0.39, 0.29) is 11.9 Å². The van der Waals surface area contributed by atoms with Crippen molar-refractivity contribution in [3.8, 4) is 5.75 Å². The van der Waals surface area contributed by atoms with Crippen LogP contribution < -0.4 is 4.74 Å². The van der Waals surface area contributed by atoms with Crippen molar-refractivity contribution >= 4 is 17.8 Å². The Bertz CT molecular complexity index is 834. The van der Waals surface area contributed by atoms with Gasteiger partial charge in [0.1, 0.15) is 5.75 Å². The monoisotopic (exact) mass is 482 g/mol. The fraction of sp³-hybridized carbons (Fsp3) is 0.613. The normalized spacial score (nSPS) is 19.2. The maximum atomic E-state index is 12.9. The van der Waals surface area contributed by atoms with E-state index in [1.807, 2.05) is 12.1 Å². The van der Waals surface area contributed by atoms with Crippen LogP contribution in [0.3, 0.4) is 0 Å². The molecule has 35 heavy (non-hydrogen) atoms. The Hall–Kier alpha value is -2.36. The standard InChI is InChI=1S/C31H46O4/c1-23(2)28-19-14-25(5)29(30(28)32)22-26-15-17-27(18-16-26)34-20-12-10-8-6-7-9-11-13-21-35-31(33)24(3)4/h15-18,22-23,25,28H,3,6-14,19-21H2,1-2,4-5H3/b29-22-. The zero-order valence-corrected chi connectivity index (χ0v) is 22.4. The smallest absolute Gasteiger partial charge is 0.333 e. The number of hydrogen-bond donors (Lipinski definition) is 0. The zero-order valence-electron chi connectivity index (χ0n) is 22.4. The average Bonchev–Trinajstić information content (AvgIpc) is 2.82. The summed E-state index contributed by atoms with van der Waals surface area (Å²) in [5.74, 6) is 1.84. The van der Waals surface area contributed by atoms with Gasteiger partial charge in [0, 0.05) is 11.5 Å². The van der Waals surface area contributed by atoms with Crippen molar-refractivity contribution in [2.24, 2.45) is 17.8 Å². The van der Waals surface area contributed by atoms with Gasteiger partial charge < -0.3 is 9.47 Å². The predicted molar refractivity (Wildman–Crippen MR) is 144 cm³/mol. The second-order valence-corrected chi connectivity index (χ2v) is 10.5. The molecule has 1 fully saturated rings. The third-order valence-electron chi connectivity index (χ3n) is 6.96. The molecule has 0 N–H and O–H groups in total. The minimum atomic E-state index is -0.286. The van der Waals surface area contributed by atoms with E-state index in [1.165, 1.54) is 32.1 Å². The van der Waals surface area contributed by atoms with E-state index in [4.69, 9.17) is 9.47 Å². The summed E-state index contributed by atoms with van der Waals surface area (Å²) < 4.78 is 11.0. The number of hydrogen-bond acceptors (Lipinski definition) is 4. The molecule has 1 aliphatic carbocycles. The van der Waals surface area contributed by atoms with Crippen LogP contribution in [0.15, 0.2) is 42.0 Å². The van der Waals surface area contributed by atoms with E-state index in [9.17, 15) is 9.59 Å². The molecule has 2 unspecified atom stereocenters.